The zero-order valence-corrected chi connectivity index (χ0v) is 27.5. The fraction of sp³-hybridized carbons (Fsp3) is 0.703. The topological polar surface area (TPSA) is 65.0 Å². The quantitative estimate of drug-likeness (QED) is 0.181. The summed E-state index contributed by atoms with van der Waals surface area (Å²) in [7, 11) is 1.78. The van der Waals surface area contributed by atoms with Crippen LogP contribution in [0.25, 0.3) is 0 Å². The highest BCUT2D eigenvalue weighted by Crippen LogP contribution is 2.31. The number of piperidine rings is 3. The van der Waals surface area contributed by atoms with Crippen LogP contribution >= 0.6 is 0 Å². The minimum absolute atomic E-state index is 0.000923. The fourth-order valence-corrected chi connectivity index (χ4v) is 7.51. The number of nitrogens with one attached hydrogen (secondary N) is 1. The molecule has 6 nitrogen and oxygen atoms in total. The van der Waals surface area contributed by atoms with Crippen LogP contribution in [0.5, 0.6) is 0 Å². The van der Waals surface area contributed by atoms with E-state index in [4.69, 9.17) is 0 Å². The first-order valence-corrected chi connectivity index (χ1v) is 17.4. The molecule has 1 aromatic rings. The van der Waals surface area contributed by atoms with Crippen LogP contribution in [0.3, 0.4) is 0 Å². The maximum atomic E-state index is 12.9. The lowest BCUT2D eigenvalue weighted by Crippen LogP contribution is -2.39. The molecule has 0 bridgehead atoms. The molecule has 0 aliphatic carbocycles. The number of carbonyl (C=O) groups excluding carboxylic acids is 2. The predicted molar refractivity (Wildman–Crippen MR) is 179 cm³/mol. The van der Waals surface area contributed by atoms with Crippen molar-refractivity contribution in [3.05, 3.63) is 47.2 Å². The molecule has 3 heterocycles. The van der Waals surface area contributed by atoms with Gasteiger partial charge in [0.25, 0.3) is 0 Å². The fourth-order valence-electron chi connectivity index (χ4n) is 7.51. The molecule has 43 heavy (non-hydrogen) atoms. The summed E-state index contributed by atoms with van der Waals surface area (Å²) < 4.78 is 0. The molecule has 3 aliphatic heterocycles. The van der Waals surface area contributed by atoms with E-state index >= 15 is 0 Å². The standard InChI is InChI=1S/C37H58N4O2/c1-28-14-13-23-40(27-28)22-12-10-8-6-5-7-9-11-15-35(42)41-24-20-31(21-25-41)32-17-19-33(29(2)26-32)36(38-4)34-18-16-30(3)39-37(34)43/h17,19,26,28,31,34H,3,5-16,18,20-25,27H2,1-2,4H3,(H,39,43). The highest BCUT2D eigenvalue weighted by molar-refractivity contribution is 6.14. The average molecular weight is 591 g/mol. The molecule has 3 aliphatic rings. The van der Waals surface area contributed by atoms with Crippen molar-refractivity contribution in [2.75, 3.05) is 39.8 Å². The smallest absolute Gasteiger partial charge is 0.233 e. The molecule has 0 radical (unpaired) electrons. The number of unbranched alkanes of at least 4 members (excludes halogenated alkanes) is 7. The SMILES string of the molecule is C=C1CCC(C(=NC)c2ccc(C3CCN(C(=O)CCCCCCCCCCN4CCCC(C)C4)CC3)cc2C)C(=O)N1. The Morgan fingerprint density at radius 2 is 1.67 bits per heavy atom. The average Bonchev–Trinajstić information content (AvgIpc) is 3.00. The van der Waals surface area contributed by atoms with Crippen LogP contribution in [0.2, 0.25) is 0 Å². The van der Waals surface area contributed by atoms with Crippen LogP contribution in [0, 0.1) is 18.8 Å². The maximum absolute atomic E-state index is 12.9. The third kappa shape index (κ3) is 10.0. The highest BCUT2D eigenvalue weighted by Gasteiger charge is 2.30. The summed E-state index contributed by atoms with van der Waals surface area (Å²) in [5.41, 5.74) is 5.23. The Kier molecular flexibility index (Phi) is 13.3. The van der Waals surface area contributed by atoms with Gasteiger partial charge < -0.3 is 15.1 Å². The lowest BCUT2D eigenvalue weighted by Gasteiger charge is -2.33. The first-order valence-electron chi connectivity index (χ1n) is 17.4. The Balaban J connectivity index is 1.09. The van der Waals surface area contributed by atoms with Crippen molar-refractivity contribution in [1.82, 2.24) is 15.1 Å². The van der Waals surface area contributed by atoms with Gasteiger partial charge in [-0.05, 0) is 99.9 Å². The molecule has 1 N–H and O–H groups in total. The van der Waals surface area contributed by atoms with Gasteiger partial charge >= 0.3 is 0 Å². The van der Waals surface area contributed by atoms with Crippen LogP contribution in [-0.4, -0.2) is 67.1 Å². The predicted octanol–water partition coefficient (Wildman–Crippen LogP) is 7.40. The highest BCUT2D eigenvalue weighted by atomic mass is 16.2. The van der Waals surface area contributed by atoms with Gasteiger partial charge in [-0.3, -0.25) is 14.6 Å². The molecular weight excluding hydrogens is 532 g/mol. The summed E-state index contributed by atoms with van der Waals surface area (Å²) in [5.74, 6) is 1.48. The van der Waals surface area contributed by atoms with Gasteiger partial charge in [0.2, 0.25) is 11.8 Å². The van der Waals surface area contributed by atoms with Crippen molar-refractivity contribution in [1.29, 1.82) is 0 Å². The molecule has 0 aromatic heterocycles. The van der Waals surface area contributed by atoms with E-state index in [9.17, 15) is 9.59 Å². The number of rotatable bonds is 14. The Bertz CT molecular complexity index is 1100. The Hall–Kier alpha value is -2.47. The molecule has 0 saturated carbocycles. The molecule has 0 spiro atoms. The molecule has 1 aromatic carbocycles. The summed E-state index contributed by atoms with van der Waals surface area (Å²) in [6.45, 7) is 14.0. The Labute approximate surface area is 261 Å². The van der Waals surface area contributed by atoms with E-state index in [-0.39, 0.29) is 11.8 Å². The zero-order valence-electron chi connectivity index (χ0n) is 27.5. The van der Waals surface area contributed by atoms with Gasteiger partial charge in [-0.15, -0.1) is 0 Å². The molecular formula is C37H58N4O2. The second-order valence-corrected chi connectivity index (χ2v) is 13.6. The van der Waals surface area contributed by atoms with Crippen molar-refractivity contribution >= 4 is 17.5 Å². The van der Waals surface area contributed by atoms with Crippen molar-refractivity contribution in [3.8, 4) is 0 Å². The van der Waals surface area contributed by atoms with Gasteiger partial charge in [-0.1, -0.05) is 70.2 Å². The number of amides is 2. The Morgan fingerprint density at radius 3 is 2.33 bits per heavy atom. The molecule has 6 heteroatoms. The molecule has 3 fully saturated rings. The summed E-state index contributed by atoms with van der Waals surface area (Å²) in [6, 6.07) is 6.64. The minimum atomic E-state index is -0.224. The third-order valence-electron chi connectivity index (χ3n) is 10.1. The monoisotopic (exact) mass is 590 g/mol. The van der Waals surface area contributed by atoms with Gasteiger partial charge in [0.05, 0.1) is 11.6 Å². The Morgan fingerprint density at radius 1 is 0.977 bits per heavy atom. The normalized spacial score (nSPS) is 22.6. The van der Waals surface area contributed by atoms with Crippen molar-refractivity contribution < 1.29 is 9.59 Å². The number of benzene rings is 1. The van der Waals surface area contributed by atoms with Crippen LogP contribution in [0.4, 0.5) is 0 Å². The summed E-state index contributed by atoms with van der Waals surface area (Å²) in [5, 5.41) is 2.90. The number of aryl methyl sites for hydroxylation is 1. The molecule has 2 unspecified atom stereocenters. The van der Waals surface area contributed by atoms with Crippen LogP contribution in [0.1, 0.15) is 126 Å². The van der Waals surface area contributed by atoms with E-state index in [0.29, 0.717) is 18.2 Å². The van der Waals surface area contributed by atoms with Crippen LogP contribution in [0.15, 0.2) is 35.5 Å². The first kappa shape index (κ1) is 33.4. The number of aliphatic imine (C=N–C) groups is 1. The first-order chi connectivity index (χ1) is 20.9. The van der Waals surface area contributed by atoms with Gasteiger partial charge in [-0.25, -0.2) is 0 Å². The van der Waals surface area contributed by atoms with E-state index in [0.717, 1.165) is 68.1 Å². The zero-order chi connectivity index (χ0) is 30.6. The number of hydrogen-bond acceptors (Lipinski definition) is 4. The molecule has 238 valence electrons. The number of carbonyl (C=O) groups is 2. The molecule has 4 rings (SSSR count). The van der Waals surface area contributed by atoms with E-state index in [1.165, 1.54) is 88.5 Å². The minimum Gasteiger partial charge on any atom is -0.343 e. The molecule has 2 atom stereocenters. The second kappa shape index (κ2) is 17.1. The number of allylic oxidation sites excluding steroid dienone is 1. The van der Waals surface area contributed by atoms with Gasteiger partial charge in [0.1, 0.15) is 0 Å². The lowest BCUT2D eigenvalue weighted by molar-refractivity contribution is -0.132. The number of likely N-dealkylation sites (tertiary alicyclic amines) is 2. The maximum Gasteiger partial charge on any atom is 0.233 e. The van der Waals surface area contributed by atoms with E-state index in [1.54, 1.807) is 7.05 Å². The number of nitrogens with zero attached hydrogens (tertiary/aromatic N) is 3. The summed E-state index contributed by atoms with van der Waals surface area (Å²) in [4.78, 5) is 34.8. The largest absolute Gasteiger partial charge is 0.343 e. The molecule has 3 saturated heterocycles. The third-order valence-corrected chi connectivity index (χ3v) is 10.1. The molecule has 2 amide bonds. The van der Waals surface area contributed by atoms with E-state index in [1.807, 2.05) is 0 Å². The lowest BCUT2D eigenvalue weighted by atomic mass is 9.83. The summed E-state index contributed by atoms with van der Waals surface area (Å²) in [6.07, 6.45) is 17.3. The van der Waals surface area contributed by atoms with Crippen molar-refractivity contribution in [3.63, 3.8) is 0 Å². The second-order valence-electron chi connectivity index (χ2n) is 13.6. The van der Waals surface area contributed by atoms with Crippen LogP contribution in [-0.2, 0) is 9.59 Å². The van der Waals surface area contributed by atoms with Gasteiger partial charge in [0.15, 0.2) is 0 Å². The van der Waals surface area contributed by atoms with Gasteiger partial charge in [-0.2, -0.15) is 0 Å². The van der Waals surface area contributed by atoms with Gasteiger partial charge in [0, 0.05) is 38.8 Å². The van der Waals surface area contributed by atoms with Crippen LogP contribution < -0.4 is 5.32 Å². The van der Waals surface area contributed by atoms with E-state index in [2.05, 4.69) is 58.7 Å². The summed E-state index contributed by atoms with van der Waals surface area (Å²) >= 11 is 0. The van der Waals surface area contributed by atoms with Crippen molar-refractivity contribution in [2.45, 2.75) is 116 Å². The van der Waals surface area contributed by atoms with E-state index < -0.39 is 0 Å². The number of hydrogen-bond donors (Lipinski definition) is 1. The van der Waals surface area contributed by atoms with Crippen molar-refractivity contribution in [2.24, 2.45) is 16.8 Å².